The largest absolute Gasteiger partial charge is 0.352 e. The van der Waals surface area contributed by atoms with Gasteiger partial charge in [-0.1, -0.05) is 36.8 Å². The van der Waals surface area contributed by atoms with Crippen molar-refractivity contribution >= 4 is 23.6 Å². The highest BCUT2D eigenvalue weighted by atomic mass is 32.2. The molecule has 2 aromatic carbocycles. The molecule has 0 spiro atoms. The van der Waals surface area contributed by atoms with Gasteiger partial charge in [0.25, 0.3) is 0 Å². The molecular formula is C24H31FN2O2S. The van der Waals surface area contributed by atoms with Crippen molar-refractivity contribution in [3.63, 3.8) is 0 Å². The Bertz CT molecular complexity index is 822. The number of aryl methyl sites for hydroxylation is 1. The van der Waals surface area contributed by atoms with Crippen LogP contribution in [0.2, 0.25) is 0 Å². The lowest BCUT2D eigenvalue weighted by atomic mass is 10.1. The van der Waals surface area contributed by atoms with Crippen LogP contribution in [0.5, 0.6) is 0 Å². The van der Waals surface area contributed by atoms with Gasteiger partial charge in [0.15, 0.2) is 0 Å². The van der Waals surface area contributed by atoms with Gasteiger partial charge < -0.3 is 10.2 Å². The van der Waals surface area contributed by atoms with Gasteiger partial charge in [0.1, 0.15) is 11.9 Å². The average Bonchev–Trinajstić information content (AvgIpc) is 2.70. The summed E-state index contributed by atoms with van der Waals surface area (Å²) in [5.41, 5.74) is 1.99. The normalized spacial score (nSPS) is 11.9. The van der Waals surface area contributed by atoms with Gasteiger partial charge in [-0.05, 0) is 57.0 Å². The Balaban J connectivity index is 2.11. The number of thioether (sulfide) groups is 1. The molecule has 0 aliphatic heterocycles. The molecule has 0 aromatic heterocycles. The Morgan fingerprint density at radius 3 is 2.27 bits per heavy atom. The van der Waals surface area contributed by atoms with Crippen molar-refractivity contribution in [1.82, 2.24) is 10.2 Å². The fourth-order valence-electron chi connectivity index (χ4n) is 3.12. The van der Waals surface area contributed by atoms with Crippen LogP contribution in [0.3, 0.4) is 0 Å². The molecule has 2 amide bonds. The van der Waals surface area contributed by atoms with Crippen LogP contribution in [-0.2, 0) is 16.1 Å². The molecule has 0 aliphatic carbocycles. The molecule has 0 heterocycles. The second kappa shape index (κ2) is 11.7. The minimum Gasteiger partial charge on any atom is -0.352 e. The first-order valence-corrected chi connectivity index (χ1v) is 11.3. The number of hydrogen-bond donors (Lipinski definition) is 1. The van der Waals surface area contributed by atoms with Crippen LogP contribution < -0.4 is 5.32 Å². The van der Waals surface area contributed by atoms with Gasteiger partial charge in [0.05, 0.1) is 0 Å². The maximum absolute atomic E-state index is 13.3. The molecule has 4 nitrogen and oxygen atoms in total. The van der Waals surface area contributed by atoms with Crippen LogP contribution in [0.25, 0.3) is 0 Å². The quantitative estimate of drug-likeness (QED) is 0.543. The highest BCUT2D eigenvalue weighted by molar-refractivity contribution is 7.99. The van der Waals surface area contributed by atoms with Crippen molar-refractivity contribution in [3.05, 3.63) is 65.5 Å². The highest BCUT2D eigenvalue weighted by Crippen LogP contribution is 2.21. The summed E-state index contributed by atoms with van der Waals surface area (Å²) in [5, 5.41) is 2.91. The molecule has 0 fully saturated rings. The molecule has 2 aromatic rings. The number of nitrogens with one attached hydrogen (secondary N) is 1. The lowest BCUT2D eigenvalue weighted by molar-refractivity contribution is -0.141. The number of nitrogens with zero attached hydrogens (tertiary/aromatic N) is 1. The van der Waals surface area contributed by atoms with Crippen molar-refractivity contribution in [2.24, 2.45) is 0 Å². The molecule has 0 aliphatic rings. The summed E-state index contributed by atoms with van der Waals surface area (Å²) in [5.74, 6) is 0.0684. The predicted molar refractivity (Wildman–Crippen MR) is 121 cm³/mol. The molecule has 0 saturated heterocycles. The van der Waals surface area contributed by atoms with Gasteiger partial charge in [-0.2, -0.15) is 0 Å². The standard InChI is InChI=1S/C24H31FN2O2S/c1-5-22(24(29)26-17(2)3)27(16-19-8-10-20(25)11-9-19)23(28)14-15-30-21-12-6-18(4)7-13-21/h6-13,17,22H,5,14-16H2,1-4H3,(H,26,29)/t22-/m0/s1. The molecule has 162 valence electrons. The zero-order valence-corrected chi connectivity index (χ0v) is 19.0. The first-order chi connectivity index (χ1) is 14.3. The zero-order valence-electron chi connectivity index (χ0n) is 18.2. The summed E-state index contributed by atoms with van der Waals surface area (Å²) in [7, 11) is 0. The minimum absolute atomic E-state index is 0.00795. The Kier molecular flexibility index (Phi) is 9.37. The third-order valence-corrected chi connectivity index (χ3v) is 5.70. The van der Waals surface area contributed by atoms with E-state index in [1.54, 1.807) is 28.8 Å². The summed E-state index contributed by atoms with van der Waals surface area (Å²) in [6.07, 6.45) is 0.835. The van der Waals surface area contributed by atoms with Crippen LogP contribution in [0, 0.1) is 12.7 Å². The molecule has 0 unspecified atom stereocenters. The van der Waals surface area contributed by atoms with Gasteiger partial charge in [0.2, 0.25) is 11.8 Å². The maximum atomic E-state index is 13.3. The summed E-state index contributed by atoms with van der Waals surface area (Å²) in [6, 6.07) is 13.7. The van der Waals surface area contributed by atoms with E-state index < -0.39 is 6.04 Å². The van der Waals surface area contributed by atoms with Crippen molar-refractivity contribution in [3.8, 4) is 0 Å². The Morgan fingerprint density at radius 1 is 1.07 bits per heavy atom. The van der Waals surface area contributed by atoms with Crippen LogP contribution in [-0.4, -0.2) is 34.6 Å². The minimum atomic E-state index is -0.561. The molecule has 1 N–H and O–H groups in total. The molecular weight excluding hydrogens is 399 g/mol. The number of halogens is 1. The Labute approximate surface area is 183 Å². The Morgan fingerprint density at radius 2 is 1.70 bits per heavy atom. The fourth-order valence-corrected chi connectivity index (χ4v) is 3.96. The summed E-state index contributed by atoms with van der Waals surface area (Å²) < 4.78 is 13.3. The molecule has 0 bridgehead atoms. The fraction of sp³-hybridized carbons (Fsp3) is 0.417. The number of rotatable bonds is 10. The van der Waals surface area contributed by atoms with Crippen molar-refractivity contribution < 1.29 is 14.0 Å². The van der Waals surface area contributed by atoms with Crippen molar-refractivity contribution in [2.75, 3.05) is 5.75 Å². The van der Waals surface area contributed by atoms with Gasteiger partial charge in [-0.15, -0.1) is 11.8 Å². The predicted octanol–water partition coefficient (Wildman–Crippen LogP) is 4.95. The summed E-state index contributed by atoms with van der Waals surface area (Å²) in [6.45, 7) is 8.01. The van der Waals surface area contributed by atoms with Gasteiger partial charge >= 0.3 is 0 Å². The Hall–Kier alpha value is -2.34. The molecule has 30 heavy (non-hydrogen) atoms. The SMILES string of the molecule is CC[C@@H](C(=O)NC(C)C)N(Cc1ccc(F)cc1)C(=O)CCSc1ccc(C)cc1. The number of amides is 2. The van der Waals surface area contributed by atoms with E-state index in [1.807, 2.05) is 52.0 Å². The molecule has 1 atom stereocenters. The van der Waals surface area contributed by atoms with E-state index in [1.165, 1.54) is 17.7 Å². The van der Waals surface area contributed by atoms with Crippen molar-refractivity contribution in [2.45, 2.75) is 64.1 Å². The summed E-state index contributed by atoms with van der Waals surface area (Å²) >= 11 is 1.62. The molecule has 6 heteroatoms. The highest BCUT2D eigenvalue weighted by Gasteiger charge is 2.28. The second-order valence-corrected chi connectivity index (χ2v) is 8.82. The van der Waals surface area contributed by atoms with E-state index in [0.717, 1.165) is 10.5 Å². The van der Waals surface area contributed by atoms with Crippen molar-refractivity contribution in [1.29, 1.82) is 0 Å². The number of carbonyl (C=O) groups is 2. The van der Waals surface area contributed by atoms with E-state index in [9.17, 15) is 14.0 Å². The summed E-state index contributed by atoms with van der Waals surface area (Å²) in [4.78, 5) is 28.6. The number of hydrogen-bond acceptors (Lipinski definition) is 3. The van der Waals surface area contributed by atoms with E-state index in [2.05, 4.69) is 5.32 Å². The topological polar surface area (TPSA) is 49.4 Å². The third-order valence-electron chi connectivity index (χ3n) is 4.69. The van der Waals surface area contributed by atoms with Gasteiger partial charge in [-0.25, -0.2) is 4.39 Å². The maximum Gasteiger partial charge on any atom is 0.243 e. The zero-order chi connectivity index (χ0) is 22.1. The van der Waals surface area contributed by atoms with Crippen LogP contribution >= 0.6 is 11.8 Å². The van der Waals surface area contributed by atoms with E-state index in [-0.39, 0.29) is 30.2 Å². The molecule has 0 saturated carbocycles. The first kappa shape index (κ1) is 23.9. The third kappa shape index (κ3) is 7.48. The average molecular weight is 431 g/mol. The van der Waals surface area contributed by atoms with Crippen LogP contribution in [0.4, 0.5) is 4.39 Å². The van der Waals surface area contributed by atoms with Crippen LogP contribution in [0.15, 0.2) is 53.4 Å². The van der Waals surface area contributed by atoms with Gasteiger partial charge in [-0.3, -0.25) is 9.59 Å². The lowest BCUT2D eigenvalue weighted by Gasteiger charge is -2.31. The van der Waals surface area contributed by atoms with E-state index >= 15 is 0 Å². The first-order valence-electron chi connectivity index (χ1n) is 10.3. The van der Waals surface area contributed by atoms with E-state index in [4.69, 9.17) is 0 Å². The smallest absolute Gasteiger partial charge is 0.243 e. The van der Waals surface area contributed by atoms with Crippen LogP contribution in [0.1, 0.15) is 44.7 Å². The number of benzene rings is 2. The monoisotopic (exact) mass is 430 g/mol. The van der Waals surface area contributed by atoms with E-state index in [0.29, 0.717) is 18.6 Å². The molecule has 2 rings (SSSR count). The van der Waals surface area contributed by atoms with Gasteiger partial charge in [0, 0.05) is 29.7 Å². The molecule has 0 radical (unpaired) electrons. The second-order valence-electron chi connectivity index (χ2n) is 7.65. The number of carbonyl (C=O) groups excluding carboxylic acids is 2. The lowest BCUT2D eigenvalue weighted by Crippen LogP contribution is -2.50.